The van der Waals surface area contributed by atoms with E-state index in [9.17, 15) is 14.9 Å². The van der Waals surface area contributed by atoms with Crippen molar-refractivity contribution in [3.05, 3.63) is 75.6 Å². The lowest BCUT2D eigenvalue weighted by Gasteiger charge is -2.11. The van der Waals surface area contributed by atoms with Crippen LogP contribution in [0.1, 0.15) is 35.7 Å². The highest BCUT2D eigenvalue weighted by atomic mass is 32.2. The molecule has 1 heterocycles. The average molecular weight is 423 g/mol. The molecule has 1 aliphatic rings. The summed E-state index contributed by atoms with van der Waals surface area (Å²) in [6.07, 6.45) is 2.23. The zero-order valence-corrected chi connectivity index (χ0v) is 17.3. The van der Waals surface area contributed by atoms with E-state index < -0.39 is 4.92 Å². The third-order valence-electron chi connectivity index (χ3n) is 4.98. The summed E-state index contributed by atoms with van der Waals surface area (Å²) in [6, 6.07) is 14.7. The summed E-state index contributed by atoms with van der Waals surface area (Å²) >= 11 is 1.32. The van der Waals surface area contributed by atoms with E-state index in [1.54, 1.807) is 19.1 Å². The monoisotopic (exact) mass is 423 g/mol. The van der Waals surface area contributed by atoms with Crippen molar-refractivity contribution in [3.8, 4) is 0 Å². The second-order valence-electron chi connectivity index (χ2n) is 7.23. The van der Waals surface area contributed by atoms with Crippen molar-refractivity contribution in [2.75, 3.05) is 11.1 Å². The number of hydrogen-bond acceptors (Lipinski definition) is 6. The number of rotatable bonds is 8. The van der Waals surface area contributed by atoms with Crippen molar-refractivity contribution in [3.63, 3.8) is 0 Å². The summed E-state index contributed by atoms with van der Waals surface area (Å²) in [5.41, 5.74) is 2.01. The summed E-state index contributed by atoms with van der Waals surface area (Å²) < 4.78 is 2.09. The number of amides is 1. The summed E-state index contributed by atoms with van der Waals surface area (Å²) in [5, 5.41) is 23.2. The molecule has 0 saturated heterocycles. The molecule has 1 amide bonds. The first-order valence-electron chi connectivity index (χ1n) is 9.66. The zero-order chi connectivity index (χ0) is 21.1. The molecule has 8 nitrogen and oxygen atoms in total. The van der Waals surface area contributed by atoms with Gasteiger partial charge >= 0.3 is 0 Å². The van der Waals surface area contributed by atoms with Crippen LogP contribution in [0.15, 0.2) is 53.7 Å². The van der Waals surface area contributed by atoms with Crippen molar-refractivity contribution in [1.82, 2.24) is 14.8 Å². The Balaban J connectivity index is 1.46. The highest BCUT2D eigenvalue weighted by molar-refractivity contribution is 7.99. The van der Waals surface area contributed by atoms with Crippen LogP contribution in [0.3, 0.4) is 0 Å². The van der Waals surface area contributed by atoms with Crippen LogP contribution in [0.2, 0.25) is 0 Å². The molecule has 9 heteroatoms. The minimum Gasteiger partial charge on any atom is -0.325 e. The number of nitrogens with one attached hydrogen (secondary N) is 1. The SMILES string of the molecule is Cc1c(NC(=O)CSc2nnc(C3CC3)n2Cc2ccccc2)cccc1[N+](=O)[O-]. The molecule has 1 aromatic heterocycles. The predicted octanol–water partition coefficient (Wildman–Crippen LogP) is 4.15. The third-order valence-corrected chi connectivity index (χ3v) is 5.95. The van der Waals surface area contributed by atoms with Crippen LogP contribution in [0.4, 0.5) is 11.4 Å². The molecule has 0 radical (unpaired) electrons. The number of hydrogen-bond donors (Lipinski definition) is 1. The van der Waals surface area contributed by atoms with E-state index in [0.29, 0.717) is 28.9 Å². The molecule has 30 heavy (non-hydrogen) atoms. The fourth-order valence-electron chi connectivity index (χ4n) is 3.24. The van der Waals surface area contributed by atoms with Crippen LogP contribution in [-0.2, 0) is 11.3 Å². The van der Waals surface area contributed by atoms with Gasteiger partial charge in [-0.3, -0.25) is 14.9 Å². The molecular formula is C21H21N5O3S. The number of nitrogens with zero attached hydrogens (tertiary/aromatic N) is 4. The number of carbonyl (C=O) groups is 1. The lowest BCUT2D eigenvalue weighted by atomic mass is 10.1. The van der Waals surface area contributed by atoms with Crippen molar-refractivity contribution in [2.45, 2.75) is 37.4 Å². The quantitative estimate of drug-likeness (QED) is 0.332. The second kappa shape index (κ2) is 8.66. The van der Waals surface area contributed by atoms with Crippen LogP contribution >= 0.6 is 11.8 Å². The van der Waals surface area contributed by atoms with Crippen LogP contribution < -0.4 is 5.32 Å². The molecule has 3 aromatic rings. The van der Waals surface area contributed by atoms with Gasteiger partial charge in [-0.15, -0.1) is 10.2 Å². The molecule has 0 aliphatic heterocycles. The van der Waals surface area contributed by atoms with E-state index in [1.807, 2.05) is 18.2 Å². The number of carbonyl (C=O) groups excluding carboxylic acids is 1. The molecule has 1 N–H and O–H groups in total. The first kappa shape index (κ1) is 20.1. The van der Waals surface area contributed by atoms with Gasteiger partial charge in [-0.1, -0.05) is 48.2 Å². The Kier molecular flexibility index (Phi) is 5.80. The van der Waals surface area contributed by atoms with Crippen LogP contribution in [0.25, 0.3) is 0 Å². The molecule has 1 saturated carbocycles. The fourth-order valence-corrected chi connectivity index (χ4v) is 3.98. The van der Waals surface area contributed by atoms with E-state index in [-0.39, 0.29) is 17.3 Å². The number of benzene rings is 2. The van der Waals surface area contributed by atoms with Crippen LogP contribution in [0, 0.1) is 17.0 Å². The van der Waals surface area contributed by atoms with Gasteiger partial charge in [0.2, 0.25) is 5.91 Å². The highest BCUT2D eigenvalue weighted by Gasteiger charge is 2.30. The average Bonchev–Trinajstić information content (AvgIpc) is 3.50. The Bertz CT molecular complexity index is 1080. The van der Waals surface area contributed by atoms with E-state index in [0.717, 1.165) is 24.2 Å². The summed E-state index contributed by atoms with van der Waals surface area (Å²) in [5.74, 6) is 1.30. The van der Waals surface area contributed by atoms with Gasteiger partial charge in [-0.25, -0.2) is 0 Å². The molecule has 1 fully saturated rings. The molecule has 4 rings (SSSR count). The lowest BCUT2D eigenvalue weighted by Crippen LogP contribution is -2.16. The molecule has 0 atom stereocenters. The molecule has 2 aromatic carbocycles. The van der Waals surface area contributed by atoms with E-state index in [1.165, 1.54) is 17.8 Å². The van der Waals surface area contributed by atoms with Gasteiger partial charge in [0.25, 0.3) is 5.69 Å². The summed E-state index contributed by atoms with van der Waals surface area (Å²) in [6.45, 7) is 2.28. The second-order valence-corrected chi connectivity index (χ2v) is 8.17. The Morgan fingerprint density at radius 3 is 2.67 bits per heavy atom. The van der Waals surface area contributed by atoms with Gasteiger partial charge in [0, 0.05) is 12.0 Å². The topological polar surface area (TPSA) is 103 Å². The van der Waals surface area contributed by atoms with Gasteiger partial charge in [-0.05, 0) is 31.4 Å². The van der Waals surface area contributed by atoms with Gasteiger partial charge < -0.3 is 9.88 Å². The molecule has 0 bridgehead atoms. The summed E-state index contributed by atoms with van der Waals surface area (Å²) in [4.78, 5) is 23.1. The molecule has 0 unspecified atom stereocenters. The zero-order valence-electron chi connectivity index (χ0n) is 16.4. The standard InChI is InChI=1S/C21H21N5O3S/c1-14-17(8-5-9-18(14)26(28)29)22-19(27)13-30-21-24-23-20(16-10-11-16)25(21)12-15-6-3-2-4-7-15/h2-9,16H,10-13H2,1H3,(H,22,27). The Morgan fingerprint density at radius 1 is 1.20 bits per heavy atom. The molecule has 0 spiro atoms. The lowest BCUT2D eigenvalue weighted by molar-refractivity contribution is -0.385. The maximum absolute atomic E-state index is 12.5. The summed E-state index contributed by atoms with van der Waals surface area (Å²) in [7, 11) is 0. The maximum Gasteiger partial charge on any atom is 0.274 e. The van der Waals surface area contributed by atoms with Crippen molar-refractivity contribution in [1.29, 1.82) is 0 Å². The van der Waals surface area contributed by atoms with Crippen LogP contribution in [0.5, 0.6) is 0 Å². The molecule has 1 aliphatic carbocycles. The largest absolute Gasteiger partial charge is 0.325 e. The maximum atomic E-state index is 12.5. The van der Waals surface area contributed by atoms with Crippen molar-refractivity contribution in [2.24, 2.45) is 0 Å². The molecular weight excluding hydrogens is 402 g/mol. The first-order chi connectivity index (χ1) is 14.5. The fraction of sp³-hybridized carbons (Fsp3) is 0.286. The van der Waals surface area contributed by atoms with Crippen molar-refractivity contribution < 1.29 is 9.72 Å². The highest BCUT2D eigenvalue weighted by Crippen LogP contribution is 2.40. The Morgan fingerprint density at radius 2 is 1.97 bits per heavy atom. The Hall–Kier alpha value is -3.20. The van der Waals surface area contributed by atoms with Gasteiger partial charge in [0.05, 0.1) is 28.5 Å². The van der Waals surface area contributed by atoms with E-state index in [2.05, 4.69) is 32.2 Å². The first-order valence-corrected chi connectivity index (χ1v) is 10.6. The number of anilines is 1. The number of thioether (sulfide) groups is 1. The van der Waals surface area contributed by atoms with Gasteiger partial charge in [-0.2, -0.15) is 0 Å². The Labute approximate surface area is 177 Å². The number of nitro groups is 1. The molecule has 154 valence electrons. The smallest absolute Gasteiger partial charge is 0.274 e. The minimum atomic E-state index is -0.453. The third kappa shape index (κ3) is 4.51. The van der Waals surface area contributed by atoms with Crippen LogP contribution in [-0.4, -0.2) is 31.3 Å². The predicted molar refractivity (Wildman–Crippen MR) is 115 cm³/mol. The minimum absolute atomic E-state index is 0.0165. The van der Waals surface area contributed by atoms with Crippen molar-refractivity contribution >= 4 is 29.0 Å². The van der Waals surface area contributed by atoms with Gasteiger partial charge in [0.15, 0.2) is 5.16 Å². The van der Waals surface area contributed by atoms with E-state index >= 15 is 0 Å². The van der Waals surface area contributed by atoms with Gasteiger partial charge in [0.1, 0.15) is 5.82 Å². The number of nitro benzene ring substituents is 1. The van der Waals surface area contributed by atoms with E-state index in [4.69, 9.17) is 0 Å². The number of aromatic nitrogens is 3. The normalized spacial score (nSPS) is 13.2.